The maximum absolute atomic E-state index is 12.3. The normalized spacial score (nSPS) is 22.1. The molecule has 1 aliphatic heterocycles. The van der Waals surface area contributed by atoms with E-state index in [1.807, 2.05) is 18.7 Å². The van der Waals surface area contributed by atoms with Crippen molar-refractivity contribution in [1.82, 2.24) is 4.90 Å². The third kappa shape index (κ3) is 4.47. The van der Waals surface area contributed by atoms with Gasteiger partial charge in [-0.15, -0.1) is 0 Å². The minimum Gasteiger partial charge on any atom is -0.456 e. The topological polar surface area (TPSA) is 107 Å². The number of nitro benzene ring substituents is 1. The van der Waals surface area contributed by atoms with Crippen LogP contribution in [0.2, 0.25) is 5.02 Å². The Bertz CT molecular complexity index is 778. The second-order valence-electron chi connectivity index (χ2n) is 5.73. The van der Waals surface area contributed by atoms with Gasteiger partial charge in [-0.25, -0.2) is 13.2 Å². The van der Waals surface area contributed by atoms with Gasteiger partial charge in [-0.1, -0.05) is 25.4 Å². The fourth-order valence-corrected chi connectivity index (χ4v) is 4.99. The number of sulfone groups is 1. The molecule has 0 radical (unpaired) electrons. The van der Waals surface area contributed by atoms with Crippen molar-refractivity contribution in [3.8, 4) is 0 Å². The Labute approximate surface area is 150 Å². The highest BCUT2D eigenvalue weighted by atomic mass is 35.5. The van der Waals surface area contributed by atoms with Gasteiger partial charge in [0.25, 0.3) is 5.69 Å². The number of ether oxygens (including phenoxy) is 1. The SMILES string of the molecule is CCN(CC)C1CS(=O)(=O)CC1OC(=O)c1ccc(Cl)c([N+](=O)[O-])c1. The molecular weight excluding hydrogens is 372 g/mol. The van der Waals surface area contributed by atoms with Crippen molar-refractivity contribution in [2.24, 2.45) is 0 Å². The molecule has 2 unspecified atom stereocenters. The van der Waals surface area contributed by atoms with E-state index in [4.69, 9.17) is 16.3 Å². The largest absolute Gasteiger partial charge is 0.456 e. The maximum atomic E-state index is 12.3. The van der Waals surface area contributed by atoms with E-state index < -0.39 is 38.6 Å². The van der Waals surface area contributed by atoms with Crippen LogP contribution in [0, 0.1) is 10.1 Å². The molecule has 10 heteroatoms. The summed E-state index contributed by atoms with van der Waals surface area (Å²) < 4.78 is 29.3. The molecule has 1 saturated heterocycles. The molecule has 0 spiro atoms. The van der Waals surface area contributed by atoms with E-state index in [9.17, 15) is 23.3 Å². The van der Waals surface area contributed by atoms with E-state index in [2.05, 4.69) is 0 Å². The van der Waals surface area contributed by atoms with Crippen LogP contribution in [0.1, 0.15) is 24.2 Å². The predicted octanol–water partition coefficient (Wildman–Crippen LogP) is 1.91. The van der Waals surface area contributed by atoms with E-state index in [-0.39, 0.29) is 22.1 Å². The van der Waals surface area contributed by atoms with E-state index in [0.29, 0.717) is 13.1 Å². The Hall–Kier alpha value is -1.71. The first-order valence-corrected chi connectivity index (χ1v) is 9.97. The summed E-state index contributed by atoms with van der Waals surface area (Å²) in [4.78, 5) is 24.5. The zero-order valence-corrected chi connectivity index (χ0v) is 15.4. The van der Waals surface area contributed by atoms with Gasteiger partial charge in [-0.3, -0.25) is 15.0 Å². The van der Waals surface area contributed by atoms with Crippen LogP contribution in [0.25, 0.3) is 0 Å². The number of hydrogen-bond donors (Lipinski definition) is 0. The predicted molar refractivity (Wildman–Crippen MR) is 92.7 cm³/mol. The second-order valence-corrected chi connectivity index (χ2v) is 8.29. The Morgan fingerprint density at radius 2 is 2.00 bits per heavy atom. The van der Waals surface area contributed by atoms with Crippen molar-refractivity contribution in [2.75, 3.05) is 24.6 Å². The minimum atomic E-state index is -3.31. The number of hydrogen-bond acceptors (Lipinski definition) is 7. The Balaban J connectivity index is 2.23. The molecule has 1 aromatic carbocycles. The number of esters is 1. The first-order valence-electron chi connectivity index (χ1n) is 7.78. The quantitative estimate of drug-likeness (QED) is 0.414. The van der Waals surface area contributed by atoms with Crippen LogP contribution in [0.3, 0.4) is 0 Å². The molecule has 0 amide bonds. The van der Waals surface area contributed by atoms with E-state index >= 15 is 0 Å². The average Bonchev–Trinajstić information content (AvgIpc) is 2.83. The second kappa shape index (κ2) is 7.67. The van der Waals surface area contributed by atoms with Gasteiger partial charge in [0.2, 0.25) is 0 Å². The summed E-state index contributed by atoms with van der Waals surface area (Å²) >= 11 is 5.73. The highest BCUT2D eigenvalue weighted by Gasteiger charge is 2.42. The molecule has 0 aromatic heterocycles. The molecule has 25 heavy (non-hydrogen) atoms. The van der Waals surface area contributed by atoms with Crippen molar-refractivity contribution < 1.29 is 22.9 Å². The molecule has 8 nitrogen and oxygen atoms in total. The van der Waals surface area contributed by atoms with Crippen LogP contribution in [0.15, 0.2) is 18.2 Å². The summed E-state index contributed by atoms with van der Waals surface area (Å²) in [5, 5.41) is 10.8. The van der Waals surface area contributed by atoms with Crippen molar-refractivity contribution in [3.05, 3.63) is 38.9 Å². The van der Waals surface area contributed by atoms with Crippen molar-refractivity contribution in [3.63, 3.8) is 0 Å². The summed E-state index contributed by atoms with van der Waals surface area (Å²) in [6.45, 7) is 5.04. The fraction of sp³-hybridized carbons (Fsp3) is 0.533. The zero-order valence-electron chi connectivity index (χ0n) is 13.8. The maximum Gasteiger partial charge on any atom is 0.338 e. The standard InChI is InChI=1S/C15H19ClN2O6S/c1-3-17(4-2)13-8-25(22,23)9-14(13)24-15(19)10-5-6-11(16)12(7-10)18(20)21/h5-7,13-14H,3-4,8-9H2,1-2H3. The van der Waals surface area contributed by atoms with Crippen LogP contribution < -0.4 is 0 Å². The molecular formula is C15H19ClN2O6S. The molecule has 0 aliphatic carbocycles. The Kier molecular flexibility index (Phi) is 6.02. The van der Waals surface area contributed by atoms with Gasteiger partial charge in [0.1, 0.15) is 11.1 Å². The van der Waals surface area contributed by atoms with Crippen LogP contribution in [0.5, 0.6) is 0 Å². The number of benzene rings is 1. The van der Waals surface area contributed by atoms with Crippen molar-refractivity contribution >= 4 is 33.1 Å². The molecule has 0 saturated carbocycles. The highest BCUT2D eigenvalue weighted by Crippen LogP contribution is 2.27. The smallest absolute Gasteiger partial charge is 0.338 e. The first-order chi connectivity index (χ1) is 11.7. The number of nitro groups is 1. The minimum absolute atomic E-state index is 0.0429. The molecule has 0 bridgehead atoms. The molecule has 1 fully saturated rings. The molecule has 1 heterocycles. The molecule has 2 atom stereocenters. The first kappa shape index (κ1) is 19.6. The Morgan fingerprint density at radius 3 is 2.56 bits per heavy atom. The van der Waals surface area contributed by atoms with E-state index in [1.165, 1.54) is 12.1 Å². The number of carbonyl (C=O) groups is 1. The lowest BCUT2D eigenvalue weighted by molar-refractivity contribution is -0.384. The van der Waals surface area contributed by atoms with Crippen molar-refractivity contribution in [2.45, 2.75) is 26.0 Å². The van der Waals surface area contributed by atoms with Gasteiger partial charge in [-0.2, -0.15) is 0 Å². The van der Waals surface area contributed by atoms with Crippen LogP contribution in [-0.4, -0.2) is 61.0 Å². The highest BCUT2D eigenvalue weighted by molar-refractivity contribution is 7.91. The molecule has 1 aromatic rings. The monoisotopic (exact) mass is 390 g/mol. The van der Waals surface area contributed by atoms with Crippen LogP contribution >= 0.6 is 11.6 Å². The van der Waals surface area contributed by atoms with Gasteiger partial charge >= 0.3 is 5.97 Å². The molecule has 138 valence electrons. The van der Waals surface area contributed by atoms with Gasteiger partial charge < -0.3 is 4.74 Å². The number of rotatable bonds is 6. The summed E-state index contributed by atoms with van der Waals surface area (Å²) in [7, 11) is -3.31. The molecule has 0 N–H and O–H groups in total. The van der Waals surface area contributed by atoms with Crippen LogP contribution in [0.4, 0.5) is 5.69 Å². The van der Waals surface area contributed by atoms with Gasteiger partial charge in [-0.05, 0) is 25.2 Å². The fourth-order valence-electron chi connectivity index (χ4n) is 2.93. The van der Waals surface area contributed by atoms with E-state index in [0.717, 1.165) is 6.07 Å². The zero-order chi connectivity index (χ0) is 18.8. The lowest BCUT2D eigenvalue weighted by Crippen LogP contribution is -2.44. The molecule has 2 rings (SSSR count). The number of halogens is 1. The number of carbonyl (C=O) groups excluding carboxylic acids is 1. The lowest BCUT2D eigenvalue weighted by Gasteiger charge is -2.29. The van der Waals surface area contributed by atoms with Gasteiger partial charge in [0.05, 0.1) is 28.0 Å². The van der Waals surface area contributed by atoms with Gasteiger partial charge in [0.15, 0.2) is 9.84 Å². The summed E-state index contributed by atoms with van der Waals surface area (Å²) in [5.41, 5.74) is -0.450. The summed E-state index contributed by atoms with van der Waals surface area (Å²) in [5.74, 6) is -1.14. The number of likely N-dealkylation sites (N-methyl/N-ethyl adjacent to an activating group) is 1. The Morgan fingerprint density at radius 1 is 1.36 bits per heavy atom. The lowest BCUT2D eigenvalue weighted by atomic mass is 10.1. The van der Waals surface area contributed by atoms with E-state index in [1.54, 1.807) is 0 Å². The average molecular weight is 391 g/mol. The molecule has 1 aliphatic rings. The third-order valence-corrected chi connectivity index (χ3v) is 6.20. The summed E-state index contributed by atoms with van der Waals surface area (Å²) in [6.07, 6.45) is -0.813. The summed E-state index contributed by atoms with van der Waals surface area (Å²) in [6, 6.07) is 3.16. The van der Waals surface area contributed by atoms with Crippen molar-refractivity contribution in [1.29, 1.82) is 0 Å². The third-order valence-electron chi connectivity index (χ3n) is 4.19. The number of nitrogens with zero attached hydrogens (tertiary/aromatic N) is 2. The van der Waals surface area contributed by atoms with Crippen LogP contribution in [-0.2, 0) is 14.6 Å². The van der Waals surface area contributed by atoms with Gasteiger partial charge in [0, 0.05) is 6.07 Å².